The summed E-state index contributed by atoms with van der Waals surface area (Å²) in [6.45, 7) is 6.04. The van der Waals surface area contributed by atoms with E-state index in [9.17, 15) is 19.5 Å². The molecule has 3 rings (SSSR count). The number of ether oxygens (including phenoxy) is 1. The largest absolute Gasteiger partial charge is 0.507 e. The van der Waals surface area contributed by atoms with Crippen molar-refractivity contribution in [3.05, 3.63) is 96.1 Å². The first-order valence-electron chi connectivity index (χ1n) is 11.1. The lowest BCUT2D eigenvalue weighted by Crippen LogP contribution is -2.33. The first-order valence-corrected chi connectivity index (χ1v) is 11.1. The molecule has 0 aliphatic carbocycles. The fourth-order valence-electron chi connectivity index (χ4n) is 3.22. The van der Waals surface area contributed by atoms with Crippen LogP contribution in [0.4, 0.5) is 11.4 Å². The van der Waals surface area contributed by atoms with Gasteiger partial charge in [-0.05, 0) is 61.4 Å². The van der Waals surface area contributed by atoms with Gasteiger partial charge in [-0.2, -0.15) is 5.10 Å². The van der Waals surface area contributed by atoms with Crippen molar-refractivity contribution in [2.75, 3.05) is 17.2 Å². The SMILES string of the molecule is C=CCc1cccc(C=NNC(=O)C(=O)Nc2ccccc2C(=O)Nc2ccc(OCC)cc2)c1O. The zero-order chi connectivity index (χ0) is 25.9. The van der Waals surface area contributed by atoms with Crippen molar-refractivity contribution in [1.29, 1.82) is 0 Å². The second kappa shape index (κ2) is 12.5. The van der Waals surface area contributed by atoms with E-state index < -0.39 is 17.7 Å². The average molecular weight is 487 g/mol. The zero-order valence-corrected chi connectivity index (χ0v) is 19.7. The molecule has 0 bridgehead atoms. The van der Waals surface area contributed by atoms with Gasteiger partial charge in [0, 0.05) is 11.3 Å². The molecule has 0 radical (unpaired) electrons. The highest BCUT2D eigenvalue weighted by molar-refractivity contribution is 6.40. The van der Waals surface area contributed by atoms with Crippen molar-refractivity contribution >= 4 is 35.3 Å². The lowest BCUT2D eigenvalue weighted by atomic mass is 10.1. The number of allylic oxidation sites excluding steroid dienone is 1. The smallest absolute Gasteiger partial charge is 0.329 e. The van der Waals surface area contributed by atoms with Gasteiger partial charge in [0.1, 0.15) is 11.5 Å². The number of amides is 3. The highest BCUT2D eigenvalue weighted by atomic mass is 16.5. The molecular formula is C27H26N4O5. The fourth-order valence-corrected chi connectivity index (χ4v) is 3.22. The predicted molar refractivity (Wildman–Crippen MR) is 138 cm³/mol. The summed E-state index contributed by atoms with van der Waals surface area (Å²) in [7, 11) is 0. The van der Waals surface area contributed by atoms with E-state index in [2.05, 4.69) is 27.7 Å². The lowest BCUT2D eigenvalue weighted by molar-refractivity contribution is -0.136. The van der Waals surface area contributed by atoms with Crippen LogP contribution >= 0.6 is 0 Å². The molecule has 9 nitrogen and oxygen atoms in total. The van der Waals surface area contributed by atoms with E-state index >= 15 is 0 Å². The van der Waals surface area contributed by atoms with Crippen LogP contribution in [0.1, 0.15) is 28.4 Å². The van der Waals surface area contributed by atoms with Gasteiger partial charge in [0.25, 0.3) is 5.91 Å². The van der Waals surface area contributed by atoms with Gasteiger partial charge in [-0.15, -0.1) is 6.58 Å². The van der Waals surface area contributed by atoms with Gasteiger partial charge in [-0.1, -0.05) is 30.3 Å². The van der Waals surface area contributed by atoms with Gasteiger partial charge in [0.15, 0.2) is 0 Å². The van der Waals surface area contributed by atoms with Crippen LogP contribution in [0.5, 0.6) is 11.5 Å². The Hall–Kier alpha value is -4.92. The van der Waals surface area contributed by atoms with Gasteiger partial charge in [0.2, 0.25) is 0 Å². The monoisotopic (exact) mass is 486 g/mol. The molecule has 0 aliphatic rings. The van der Waals surface area contributed by atoms with E-state index in [4.69, 9.17) is 4.74 Å². The number of para-hydroxylation sites is 2. The summed E-state index contributed by atoms with van der Waals surface area (Å²) in [6.07, 6.45) is 3.34. The number of aromatic hydroxyl groups is 1. The molecule has 0 saturated carbocycles. The number of hydrogen-bond donors (Lipinski definition) is 4. The third-order valence-corrected chi connectivity index (χ3v) is 4.93. The van der Waals surface area contributed by atoms with E-state index in [1.807, 2.05) is 6.92 Å². The van der Waals surface area contributed by atoms with Crippen molar-refractivity contribution in [3.63, 3.8) is 0 Å². The minimum Gasteiger partial charge on any atom is -0.507 e. The summed E-state index contributed by atoms with van der Waals surface area (Å²) in [6, 6.07) is 18.2. The molecule has 184 valence electrons. The van der Waals surface area contributed by atoms with E-state index in [1.54, 1.807) is 60.7 Å². The number of phenolic OH excluding ortho intramolecular Hbond substituents is 1. The molecule has 4 N–H and O–H groups in total. The standard InChI is InChI=1S/C27H26N4O5/c1-3-8-18-9-7-10-19(24(18)32)17-28-31-27(35)26(34)30-23-12-6-5-11-22(23)25(33)29-20-13-15-21(16-14-20)36-4-2/h3,5-7,9-17,32H,1,4,8H2,2H3,(H,29,33)(H,30,34)(H,31,35). The Labute approximate surface area is 208 Å². The molecule has 0 unspecified atom stereocenters. The number of carbonyl (C=O) groups is 3. The molecule has 0 fully saturated rings. The molecule has 0 aromatic heterocycles. The summed E-state index contributed by atoms with van der Waals surface area (Å²) in [5.41, 5.74) is 3.99. The number of phenols is 1. The highest BCUT2D eigenvalue weighted by Crippen LogP contribution is 2.22. The summed E-state index contributed by atoms with van der Waals surface area (Å²) >= 11 is 0. The third-order valence-electron chi connectivity index (χ3n) is 4.93. The molecule has 3 aromatic rings. The van der Waals surface area contributed by atoms with Gasteiger partial charge in [-0.25, -0.2) is 5.43 Å². The summed E-state index contributed by atoms with van der Waals surface area (Å²) in [4.78, 5) is 37.4. The lowest BCUT2D eigenvalue weighted by Gasteiger charge is -2.11. The number of nitrogens with one attached hydrogen (secondary N) is 3. The van der Waals surface area contributed by atoms with Crippen LogP contribution < -0.4 is 20.8 Å². The van der Waals surface area contributed by atoms with Crippen molar-refractivity contribution < 1.29 is 24.2 Å². The Morgan fingerprint density at radius 2 is 1.72 bits per heavy atom. The maximum atomic E-state index is 12.8. The van der Waals surface area contributed by atoms with Crippen LogP contribution in [-0.2, 0) is 16.0 Å². The van der Waals surface area contributed by atoms with Crippen molar-refractivity contribution in [2.45, 2.75) is 13.3 Å². The molecule has 9 heteroatoms. The van der Waals surface area contributed by atoms with Crippen molar-refractivity contribution in [2.24, 2.45) is 5.10 Å². The number of rotatable bonds is 9. The minimum atomic E-state index is -1.05. The van der Waals surface area contributed by atoms with E-state index in [0.717, 1.165) is 0 Å². The third kappa shape index (κ3) is 6.80. The number of hydrazone groups is 1. The normalized spacial score (nSPS) is 10.5. The van der Waals surface area contributed by atoms with Crippen LogP contribution in [0.2, 0.25) is 0 Å². The molecule has 0 aliphatic heterocycles. The first kappa shape index (κ1) is 25.7. The topological polar surface area (TPSA) is 129 Å². The number of anilines is 2. The Balaban J connectivity index is 1.63. The fraction of sp³-hybridized carbons (Fsp3) is 0.111. The molecular weight excluding hydrogens is 460 g/mol. The molecule has 3 aromatic carbocycles. The van der Waals surface area contributed by atoms with Crippen molar-refractivity contribution in [3.8, 4) is 11.5 Å². The van der Waals surface area contributed by atoms with Crippen LogP contribution in [0.3, 0.4) is 0 Å². The van der Waals surface area contributed by atoms with E-state index in [0.29, 0.717) is 35.6 Å². The molecule has 0 heterocycles. The van der Waals surface area contributed by atoms with Gasteiger partial charge in [-0.3, -0.25) is 14.4 Å². The predicted octanol–water partition coefficient (Wildman–Crippen LogP) is 3.86. The quantitative estimate of drug-likeness (QED) is 0.158. The minimum absolute atomic E-state index is 0.00678. The Bertz CT molecular complexity index is 1290. The van der Waals surface area contributed by atoms with E-state index in [-0.39, 0.29) is 17.0 Å². The molecule has 0 spiro atoms. The zero-order valence-electron chi connectivity index (χ0n) is 19.7. The van der Waals surface area contributed by atoms with Crippen LogP contribution in [0, 0.1) is 0 Å². The number of benzene rings is 3. The van der Waals surface area contributed by atoms with E-state index in [1.165, 1.54) is 18.3 Å². The summed E-state index contributed by atoms with van der Waals surface area (Å²) in [5.74, 6) is -1.85. The number of hydrogen-bond acceptors (Lipinski definition) is 6. The van der Waals surface area contributed by atoms with Crippen LogP contribution in [-0.4, -0.2) is 35.6 Å². The van der Waals surface area contributed by atoms with Crippen LogP contribution in [0.25, 0.3) is 0 Å². The highest BCUT2D eigenvalue weighted by Gasteiger charge is 2.18. The average Bonchev–Trinajstić information content (AvgIpc) is 2.88. The molecule has 3 amide bonds. The van der Waals surface area contributed by atoms with Gasteiger partial charge in [0.05, 0.1) is 24.1 Å². The van der Waals surface area contributed by atoms with Gasteiger partial charge >= 0.3 is 11.8 Å². The van der Waals surface area contributed by atoms with Crippen LogP contribution in [0.15, 0.2) is 84.5 Å². The van der Waals surface area contributed by atoms with Gasteiger partial charge < -0.3 is 20.5 Å². The Kier molecular flexibility index (Phi) is 8.94. The molecule has 0 atom stereocenters. The molecule has 0 saturated heterocycles. The maximum absolute atomic E-state index is 12.8. The second-order valence-electron chi connectivity index (χ2n) is 7.46. The molecule has 36 heavy (non-hydrogen) atoms. The Morgan fingerprint density at radius 1 is 0.972 bits per heavy atom. The number of carbonyl (C=O) groups excluding carboxylic acids is 3. The maximum Gasteiger partial charge on any atom is 0.329 e. The van der Waals surface area contributed by atoms with Crippen molar-refractivity contribution in [1.82, 2.24) is 5.43 Å². The summed E-state index contributed by atoms with van der Waals surface area (Å²) in [5, 5.41) is 19.1. The number of nitrogens with zero attached hydrogens (tertiary/aromatic N) is 1. The Morgan fingerprint density at radius 3 is 2.44 bits per heavy atom. The summed E-state index contributed by atoms with van der Waals surface area (Å²) < 4.78 is 5.39. The second-order valence-corrected chi connectivity index (χ2v) is 7.46. The first-order chi connectivity index (χ1) is 17.4.